The minimum Gasteiger partial charge on any atom is -0.377 e. The molecule has 1 unspecified atom stereocenters. The lowest BCUT2D eigenvalue weighted by atomic mass is 9.95. The van der Waals surface area contributed by atoms with Crippen molar-refractivity contribution in [3.63, 3.8) is 0 Å². The molecule has 1 N–H and O–H groups in total. The third kappa shape index (κ3) is 4.00. The molecule has 1 atom stereocenters. The molecular formula is C30H29ClN8O. The minimum absolute atomic E-state index is 0.0413. The smallest absolute Gasteiger partial charge is 0.260 e. The lowest BCUT2D eigenvalue weighted by Gasteiger charge is -2.22. The van der Waals surface area contributed by atoms with Gasteiger partial charge in [0, 0.05) is 66.8 Å². The number of fused-ring (bicyclic) bond motifs is 2. The summed E-state index contributed by atoms with van der Waals surface area (Å²) in [4.78, 5) is 20.4. The normalized spacial score (nSPS) is 15.6. The summed E-state index contributed by atoms with van der Waals surface area (Å²) in [5.74, 6) is 0. The number of nitrogens with one attached hydrogen (secondary N) is 1. The first-order chi connectivity index (χ1) is 19.4. The van der Waals surface area contributed by atoms with E-state index in [0.29, 0.717) is 11.7 Å². The van der Waals surface area contributed by atoms with Crippen LogP contribution >= 0.6 is 11.6 Å². The van der Waals surface area contributed by atoms with Crippen molar-refractivity contribution in [3.05, 3.63) is 87.8 Å². The van der Waals surface area contributed by atoms with Gasteiger partial charge in [0.05, 0.1) is 29.5 Å². The van der Waals surface area contributed by atoms with Crippen molar-refractivity contribution in [2.75, 3.05) is 18.9 Å². The summed E-state index contributed by atoms with van der Waals surface area (Å²) in [5, 5.41) is 16.0. The molecule has 4 aromatic heterocycles. The molecule has 7 rings (SSSR count). The fourth-order valence-corrected chi connectivity index (χ4v) is 6.01. The summed E-state index contributed by atoms with van der Waals surface area (Å²) in [6.45, 7) is 6.50. The summed E-state index contributed by atoms with van der Waals surface area (Å²) in [6.07, 6.45) is 12.8. The van der Waals surface area contributed by atoms with Gasteiger partial charge in [-0.15, -0.1) is 0 Å². The van der Waals surface area contributed by atoms with E-state index in [2.05, 4.69) is 44.5 Å². The van der Waals surface area contributed by atoms with Gasteiger partial charge in [0.15, 0.2) is 0 Å². The summed E-state index contributed by atoms with van der Waals surface area (Å²) in [5.41, 5.74) is 6.44. The van der Waals surface area contributed by atoms with E-state index in [0.717, 1.165) is 75.1 Å². The van der Waals surface area contributed by atoms with Crippen LogP contribution in [0.5, 0.6) is 0 Å². The Bertz CT molecular complexity index is 1930. The van der Waals surface area contributed by atoms with Gasteiger partial charge in [-0.2, -0.15) is 10.2 Å². The highest BCUT2D eigenvalue weighted by Gasteiger charge is 2.23. The molecule has 6 heterocycles. The van der Waals surface area contributed by atoms with Crippen LogP contribution in [-0.2, 0) is 13.1 Å². The summed E-state index contributed by atoms with van der Waals surface area (Å²) < 4.78 is 5.69. The largest absolute Gasteiger partial charge is 0.377 e. The van der Waals surface area contributed by atoms with Gasteiger partial charge in [-0.1, -0.05) is 17.7 Å². The highest BCUT2D eigenvalue weighted by Crippen LogP contribution is 2.36. The number of pyridine rings is 2. The molecule has 0 bridgehead atoms. The predicted molar refractivity (Wildman–Crippen MR) is 159 cm³/mol. The Kier molecular flexibility index (Phi) is 5.78. The number of hydrogen-bond acceptors (Lipinski definition) is 6. The molecule has 1 aromatic carbocycles. The third-order valence-corrected chi connectivity index (χ3v) is 8.00. The molecule has 2 aliphatic heterocycles. The van der Waals surface area contributed by atoms with Crippen LogP contribution in [0.15, 0.2) is 66.0 Å². The van der Waals surface area contributed by atoms with E-state index in [4.69, 9.17) is 11.6 Å². The number of nitrogens with zero attached hydrogens (tertiary/aromatic N) is 7. The average molecular weight is 553 g/mol. The van der Waals surface area contributed by atoms with Crippen LogP contribution in [0.2, 0.25) is 5.15 Å². The molecule has 9 nitrogen and oxygen atoms in total. The molecule has 202 valence electrons. The van der Waals surface area contributed by atoms with Crippen LogP contribution in [-0.4, -0.2) is 47.6 Å². The van der Waals surface area contributed by atoms with Gasteiger partial charge in [0.1, 0.15) is 10.8 Å². The van der Waals surface area contributed by atoms with Gasteiger partial charge in [0.25, 0.3) is 5.56 Å². The van der Waals surface area contributed by atoms with Gasteiger partial charge in [-0.3, -0.25) is 9.36 Å². The number of hydrogen-bond donors (Lipinski definition) is 1. The van der Waals surface area contributed by atoms with Crippen LogP contribution in [0, 0.1) is 6.92 Å². The van der Waals surface area contributed by atoms with Crippen molar-refractivity contribution in [2.45, 2.75) is 39.4 Å². The molecule has 0 amide bonds. The van der Waals surface area contributed by atoms with Crippen molar-refractivity contribution in [1.29, 1.82) is 0 Å². The van der Waals surface area contributed by atoms with Crippen LogP contribution in [0.25, 0.3) is 38.8 Å². The number of halogens is 1. The average Bonchev–Trinajstić information content (AvgIpc) is 3.61. The lowest BCUT2D eigenvalue weighted by Crippen LogP contribution is -2.27. The topological polar surface area (TPSA) is 85.8 Å². The van der Waals surface area contributed by atoms with Crippen molar-refractivity contribution in [3.8, 4) is 11.3 Å². The monoisotopic (exact) mass is 552 g/mol. The summed E-state index contributed by atoms with van der Waals surface area (Å²) >= 11 is 6.37. The Labute approximate surface area is 236 Å². The molecular weight excluding hydrogens is 524 g/mol. The van der Waals surface area contributed by atoms with Crippen molar-refractivity contribution < 1.29 is 0 Å². The Hall–Kier alpha value is -4.37. The number of anilines is 1. The maximum atomic E-state index is 13.6. The van der Waals surface area contributed by atoms with Crippen LogP contribution < -0.4 is 10.9 Å². The Morgan fingerprint density at radius 2 is 1.98 bits per heavy atom. The number of likely N-dealkylation sites (N-methyl/N-ethyl adjacent to an activating group) is 1. The zero-order chi connectivity index (χ0) is 27.5. The van der Waals surface area contributed by atoms with E-state index in [1.54, 1.807) is 6.07 Å². The molecule has 0 saturated carbocycles. The Balaban J connectivity index is 1.31. The van der Waals surface area contributed by atoms with E-state index < -0.39 is 0 Å². The second kappa shape index (κ2) is 9.38. The third-order valence-electron chi connectivity index (χ3n) is 7.79. The van der Waals surface area contributed by atoms with E-state index in [9.17, 15) is 4.79 Å². The lowest BCUT2D eigenvalue weighted by molar-refractivity contribution is 0.485. The predicted octanol–water partition coefficient (Wildman–Crippen LogP) is 5.45. The van der Waals surface area contributed by atoms with E-state index in [-0.39, 0.29) is 11.6 Å². The number of aryl methyl sites for hydroxylation is 3. The van der Waals surface area contributed by atoms with Gasteiger partial charge < -0.3 is 10.2 Å². The number of allylic oxidation sites excluding steroid dienone is 2. The molecule has 40 heavy (non-hydrogen) atoms. The molecule has 0 radical (unpaired) electrons. The zero-order valence-corrected chi connectivity index (χ0v) is 23.4. The molecule has 0 aliphatic carbocycles. The molecule has 0 fully saturated rings. The molecule has 2 aliphatic rings. The molecule has 10 heteroatoms. The van der Waals surface area contributed by atoms with Crippen LogP contribution in [0.3, 0.4) is 0 Å². The van der Waals surface area contributed by atoms with Gasteiger partial charge in [0.2, 0.25) is 0 Å². The maximum absolute atomic E-state index is 13.6. The van der Waals surface area contributed by atoms with Gasteiger partial charge in [-0.05, 0) is 61.7 Å². The minimum atomic E-state index is -0.136. The maximum Gasteiger partial charge on any atom is 0.260 e. The van der Waals surface area contributed by atoms with Crippen molar-refractivity contribution >= 4 is 44.8 Å². The van der Waals surface area contributed by atoms with Crippen LogP contribution in [0.1, 0.15) is 30.5 Å². The number of rotatable bonds is 5. The van der Waals surface area contributed by atoms with Crippen molar-refractivity contribution in [1.82, 2.24) is 34.0 Å². The Morgan fingerprint density at radius 1 is 1.10 bits per heavy atom. The standard InChI is InChI=1S/C30H29ClN8O/c1-18-13-22(27-23(14-18)30(40)37-9-4-10-38-29(37)24(27)16-33-38)19(2)34-25-5-6-26(31)35-28(25)20-15-32-39(17-20)21-7-11-36(3)12-8-21/h5-8,11,13-17,19,34H,4,9-10,12H2,1-3H3. The summed E-state index contributed by atoms with van der Waals surface area (Å²) in [6, 6.07) is 7.76. The fraction of sp³-hybridized carbons (Fsp3) is 0.267. The number of benzene rings is 1. The van der Waals surface area contributed by atoms with Crippen molar-refractivity contribution in [2.24, 2.45) is 0 Å². The summed E-state index contributed by atoms with van der Waals surface area (Å²) in [7, 11) is 2.03. The second-order valence-electron chi connectivity index (χ2n) is 10.6. The van der Waals surface area contributed by atoms with Crippen LogP contribution in [0.4, 0.5) is 5.69 Å². The molecule has 0 spiro atoms. The first-order valence-electron chi connectivity index (χ1n) is 13.5. The molecule has 0 saturated heterocycles. The van der Waals surface area contributed by atoms with Gasteiger partial charge >= 0.3 is 0 Å². The quantitative estimate of drug-likeness (QED) is 0.292. The van der Waals surface area contributed by atoms with E-state index >= 15 is 0 Å². The molecule has 5 aromatic rings. The van der Waals surface area contributed by atoms with E-state index in [1.165, 1.54) is 0 Å². The first kappa shape index (κ1) is 24.7. The highest BCUT2D eigenvalue weighted by atomic mass is 35.5. The zero-order valence-electron chi connectivity index (χ0n) is 22.6. The number of aromatic nitrogens is 6. The first-order valence-corrected chi connectivity index (χ1v) is 13.8. The SMILES string of the molecule is Cc1cc(C(C)Nc2ccc(Cl)nc2-c2cnn(C3=CCN(C)C=C3)c2)c2c(c1)c(=O)n1c3c2cnn3CCC1. The second-order valence-corrected chi connectivity index (χ2v) is 11.0. The Morgan fingerprint density at radius 3 is 2.80 bits per heavy atom. The fourth-order valence-electron chi connectivity index (χ4n) is 5.87. The highest BCUT2D eigenvalue weighted by molar-refractivity contribution is 6.29. The van der Waals surface area contributed by atoms with E-state index in [1.807, 2.05) is 70.9 Å². The van der Waals surface area contributed by atoms with Gasteiger partial charge in [-0.25, -0.2) is 14.3 Å².